The van der Waals surface area contributed by atoms with Gasteiger partial charge in [-0.3, -0.25) is 4.79 Å². The molecule has 6 heteroatoms. The van der Waals surface area contributed by atoms with Crippen LogP contribution in [0, 0.1) is 17.5 Å². The minimum atomic E-state index is -1.51. The predicted octanol–water partition coefficient (Wildman–Crippen LogP) is 2.89. The third-order valence-corrected chi connectivity index (χ3v) is 3.95. The van der Waals surface area contributed by atoms with Crippen molar-refractivity contribution in [3.8, 4) is 0 Å². The molecule has 0 saturated carbocycles. The Hall–Kier alpha value is -2.34. The first-order valence-corrected chi connectivity index (χ1v) is 7.29. The molecule has 1 aliphatic rings. The Balaban J connectivity index is 1.97. The van der Waals surface area contributed by atoms with Crippen molar-refractivity contribution in [2.75, 3.05) is 19.6 Å². The highest BCUT2D eigenvalue weighted by atomic mass is 19.2. The zero-order valence-electron chi connectivity index (χ0n) is 12.2. The van der Waals surface area contributed by atoms with E-state index in [2.05, 4.69) is 5.32 Å². The maximum absolute atomic E-state index is 14.1. The molecule has 23 heavy (non-hydrogen) atoms. The van der Waals surface area contributed by atoms with Crippen LogP contribution in [0.25, 0.3) is 0 Å². The lowest BCUT2D eigenvalue weighted by molar-refractivity contribution is 0.0629. The Kier molecular flexibility index (Phi) is 4.34. The molecule has 0 bridgehead atoms. The molecular formula is C17H15F3N2O. The monoisotopic (exact) mass is 320 g/mol. The van der Waals surface area contributed by atoms with E-state index in [1.807, 2.05) is 0 Å². The first-order chi connectivity index (χ1) is 11.1. The van der Waals surface area contributed by atoms with Gasteiger partial charge in [-0.05, 0) is 18.2 Å². The van der Waals surface area contributed by atoms with Crippen LogP contribution in [0.15, 0.2) is 42.5 Å². The van der Waals surface area contributed by atoms with Crippen molar-refractivity contribution in [1.29, 1.82) is 0 Å². The van der Waals surface area contributed by atoms with Crippen molar-refractivity contribution in [1.82, 2.24) is 10.2 Å². The van der Waals surface area contributed by atoms with Gasteiger partial charge < -0.3 is 10.2 Å². The van der Waals surface area contributed by atoms with Crippen molar-refractivity contribution >= 4 is 5.91 Å². The van der Waals surface area contributed by atoms with Crippen molar-refractivity contribution in [2.45, 2.75) is 6.04 Å². The van der Waals surface area contributed by atoms with Gasteiger partial charge in [-0.15, -0.1) is 0 Å². The molecule has 3 nitrogen and oxygen atoms in total. The minimum absolute atomic E-state index is 0.0274. The molecule has 0 aromatic heterocycles. The summed E-state index contributed by atoms with van der Waals surface area (Å²) in [5, 5.41) is 3.05. The number of hydrogen-bond donors (Lipinski definition) is 1. The molecule has 1 saturated heterocycles. The first-order valence-electron chi connectivity index (χ1n) is 7.29. The maximum Gasteiger partial charge on any atom is 0.254 e. The second-order valence-corrected chi connectivity index (χ2v) is 5.35. The van der Waals surface area contributed by atoms with Gasteiger partial charge >= 0.3 is 0 Å². The summed E-state index contributed by atoms with van der Waals surface area (Å²) in [7, 11) is 0. The van der Waals surface area contributed by atoms with E-state index in [1.54, 1.807) is 30.3 Å². The Morgan fingerprint density at radius 1 is 1.04 bits per heavy atom. The zero-order chi connectivity index (χ0) is 16.4. The fraction of sp³-hybridized carbons (Fsp3) is 0.235. The van der Waals surface area contributed by atoms with Crippen LogP contribution in [-0.4, -0.2) is 30.4 Å². The van der Waals surface area contributed by atoms with Gasteiger partial charge in [0.05, 0.1) is 6.04 Å². The molecular weight excluding hydrogens is 305 g/mol. The summed E-state index contributed by atoms with van der Waals surface area (Å²) in [5.41, 5.74) is 0.447. The highest BCUT2D eigenvalue weighted by Crippen LogP contribution is 2.28. The van der Waals surface area contributed by atoms with E-state index in [4.69, 9.17) is 0 Å². The summed E-state index contributed by atoms with van der Waals surface area (Å²) in [6.45, 7) is 1.19. The molecule has 1 N–H and O–H groups in total. The molecule has 2 aromatic rings. The van der Waals surface area contributed by atoms with Crippen LogP contribution < -0.4 is 5.32 Å². The Morgan fingerprint density at radius 2 is 1.78 bits per heavy atom. The van der Waals surface area contributed by atoms with Crippen LogP contribution >= 0.6 is 0 Å². The molecule has 1 heterocycles. The van der Waals surface area contributed by atoms with Gasteiger partial charge in [0.15, 0.2) is 17.5 Å². The number of hydrogen-bond acceptors (Lipinski definition) is 2. The summed E-state index contributed by atoms with van der Waals surface area (Å²) in [6, 6.07) is 9.99. The van der Waals surface area contributed by atoms with Gasteiger partial charge in [0, 0.05) is 30.8 Å². The van der Waals surface area contributed by atoms with E-state index in [0.717, 1.165) is 6.07 Å². The predicted molar refractivity (Wildman–Crippen MR) is 79.4 cm³/mol. The molecule has 120 valence electrons. The van der Waals surface area contributed by atoms with Gasteiger partial charge in [0.2, 0.25) is 0 Å². The van der Waals surface area contributed by atoms with Crippen LogP contribution in [0.3, 0.4) is 0 Å². The molecule has 1 amide bonds. The average Bonchev–Trinajstić information content (AvgIpc) is 2.60. The first kappa shape index (κ1) is 15.6. The number of amides is 1. The molecule has 1 aliphatic heterocycles. The van der Waals surface area contributed by atoms with Crippen molar-refractivity contribution in [3.63, 3.8) is 0 Å². The topological polar surface area (TPSA) is 32.3 Å². The quantitative estimate of drug-likeness (QED) is 0.863. The normalized spacial score (nSPS) is 18.0. The third-order valence-electron chi connectivity index (χ3n) is 3.95. The largest absolute Gasteiger partial charge is 0.329 e. The lowest BCUT2D eigenvalue weighted by Gasteiger charge is -2.36. The van der Waals surface area contributed by atoms with Crippen molar-refractivity contribution in [3.05, 3.63) is 71.0 Å². The van der Waals surface area contributed by atoms with Crippen LogP contribution in [0.5, 0.6) is 0 Å². The van der Waals surface area contributed by atoms with Gasteiger partial charge in [-0.25, -0.2) is 13.2 Å². The van der Waals surface area contributed by atoms with Gasteiger partial charge in [0.1, 0.15) is 0 Å². The SMILES string of the molecule is O=C(c1ccccc1)N1CCNCC1c1ccc(F)c(F)c1F. The highest BCUT2D eigenvalue weighted by molar-refractivity contribution is 5.94. The van der Waals surface area contributed by atoms with Crippen LogP contribution in [0.4, 0.5) is 13.2 Å². The lowest BCUT2D eigenvalue weighted by atomic mass is 10.0. The van der Waals surface area contributed by atoms with Gasteiger partial charge in [-0.2, -0.15) is 0 Å². The zero-order valence-corrected chi connectivity index (χ0v) is 12.2. The standard InChI is InChI=1S/C17H15F3N2O/c18-13-7-6-12(15(19)16(13)20)14-10-21-8-9-22(14)17(23)11-4-2-1-3-5-11/h1-7,14,21H,8-10H2. The van der Waals surface area contributed by atoms with Crippen molar-refractivity contribution in [2.24, 2.45) is 0 Å². The molecule has 0 spiro atoms. The number of nitrogens with one attached hydrogen (secondary N) is 1. The Bertz CT molecular complexity index is 721. The smallest absolute Gasteiger partial charge is 0.254 e. The number of nitrogens with zero attached hydrogens (tertiary/aromatic N) is 1. The average molecular weight is 320 g/mol. The Labute approximate surface area is 131 Å². The summed E-state index contributed by atoms with van der Waals surface area (Å²) >= 11 is 0. The molecule has 2 aromatic carbocycles. The molecule has 0 aliphatic carbocycles. The van der Waals surface area contributed by atoms with Crippen LogP contribution in [0.1, 0.15) is 22.0 Å². The number of carbonyl (C=O) groups excluding carboxylic acids is 1. The molecule has 1 fully saturated rings. The molecule has 1 unspecified atom stereocenters. The summed E-state index contributed by atoms with van der Waals surface area (Å²) in [5.74, 6) is -4.26. The number of benzene rings is 2. The summed E-state index contributed by atoms with van der Waals surface area (Å²) in [4.78, 5) is 14.1. The molecule has 3 rings (SSSR count). The number of rotatable bonds is 2. The van der Waals surface area contributed by atoms with Gasteiger partial charge in [0.25, 0.3) is 5.91 Å². The summed E-state index contributed by atoms with van der Waals surface area (Å²) in [6.07, 6.45) is 0. The Morgan fingerprint density at radius 3 is 2.52 bits per heavy atom. The minimum Gasteiger partial charge on any atom is -0.329 e. The van der Waals surface area contributed by atoms with Crippen molar-refractivity contribution < 1.29 is 18.0 Å². The van der Waals surface area contributed by atoms with Crippen LogP contribution in [0.2, 0.25) is 0 Å². The van der Waals surface area contributed by atoms with E-state index in [1.165, 1.54) is 11.0 Å². The summed E-state index contributed by atoms with van der Waals surface area (Å²) < 4.78 is 40.8. The number of piperazine rings is 1. The van der Waals surface area contributed by atoms with E-state index in [-0.39, 0.29) is 18.0 Å². The third kappa shape index (κ3) is 2.94. The van der Waals surface area contributed by atoms with Gasteiger partial charge in [-0.1, -0.05) is 24.3 Å². The highest BCUT2D eigenvalue weighted by Gasteiger charge is 2.31. The van der Waals surface area contributed by atoms with E-state index in [9.17, 15) is 18.0 Å². The number of halogens is 3. The second kappa shape index (κ2) is 6.42. The molecule has 1 atom stereocenters. The van der Waals surface area contributed by atoms with Crippen LogP contribution in [-0.2, 0) is 0 Å². The fourth-order valence-electron chi connectivity index (χ4n) is 2.77. The van der Waals surface area contributed by atoms with E-state index >= 15 is 0 Å². The fourth-order valence-corrected chi connectivity index (χ4v) is 2.77. The molecule has 0 radical (unpaired) electrons. The lowest BCUT2D eigenvalue weighted by Crippen LogP contribution is -2.49. The second-order valence-electron chi connectivity index (χ2n) is 5.35. The van der Waals surface area contributed by atoms with E-state index in [0.29, 0.717) is 18.7 Å². The number of carbonyl (C=O) groups is 1. The maximum atomic E-state index is 14.1. The van der Waals surface area contributed by atoms with E-state index < -0.39 is 23.5 Å².